The van der Waals surface area contributed by atoms with Crippen molar-refractivity contribution in [1.82, 2.24) is 10.2 Å². The number of hydrogen-bond acceptors (Lipinski definition) is 2. The zero-order valence-electron chi connectivity index (χ0n) is 11.5. The van der Waals surface area contributed by atoms with Gasteiger partial charge in [-0.25, -0.2) is 4.39 Å². The van der Waals surface area contributed by atoms with Crippen molar-refractivity contribution in [3.8, 4) is 0 Å². The van der Waals surface area contributed by atoms with Crippen LogP contribution in [-0.4, -0.2) is 30.4 Å². The SMILES string of the molecule is O=C(CCNCc1ccc(F)c(Cl)c1)N1CCCCC1. The molecule has 0 spiro atoms. The molecule has 0 unspecified atom stereocenters. The molecule has 1 aliphatic rings. The largest absolute Gasteiger partial charge is 0.343 e. The minimum Gasteiger partial charge on any atom is -0.343 e. The molecule has 1 heterocycles. The smallest absolute Gasteiger partial charge is 0.223 e. The van der Waals surface area contributed by atoms with E-state index in [9.17, 15) is 9.18 Å². The molecule has 2 rings (SSSR count). The predicted octanol–water partition coefficient (Wildman–Crippen LogP) is 2.97. The third-order valence-electron chi connectivity index (χ3n) is 3.54. The van der Waals surface area contributed by atoms with Crippen LogP contribution in [0.15, 0.2) is 18.2 Å². The van der Waals surface area contributed by atoms with Gasteiger partial charge in [0, 0.05) is 32.6 Å². The van der Waals surface area contributed by atoms with Gasteiger partial charge in [-0.1, -0.05) is 17.7 Å². The van der Waals surface area contributed by atoms with Gasteiger partial charge in [0.25, 0.3) is 0 Å². The van der Waals surface area contributed by atoms with Crippen molar-refractivity contribution in [2.45, 2.75) is 32.2 Å². The molecule has 1 amide bonds. The van der Waals surface area contributed by atoms with Crippen LogP contribution in [0.25, 0.3) is 0 Å². The molecule has 0 saturated carbocycles. The van der Waals surface area contributed by atoms with Crippen molar-refractivity contribution in [1.29, 1.82) is 0 Å². The van der Waals surface area contributed by atoms with Crippen molar-refractivity contribution < 1.29 is 9.18 Å². The molecule has 1 aliphatic heterocycles. The number of amides is 1. The van der Waals surface area contributed by atoms with Gasteiger partial charge >= 0.3 is 0 Å². The van der Waals surface area contributed by atoms with E-state index in [2.05, 4.69) is 5.32 Å². The summed E-state index contributed by atoms with van der Waals surface area (Å²) in [5.74, 6) is -0.190. The Labute approximate surface area is 124 Å². The second-order valence-electron chi connectivity index (χ2n) is 5.12. The van der Waals surface area contributed by atoms with Gasteiger partial charge < -0.3 is 10.2 Å². The highest BCUT2D eigenvalue weighted by Gasteiger charge is 2.15. The highest BCUT2D eigenvalue weighted by atomic mass is 35.5. The molecule has 3 nitrogen and oxygen atoms in total. The molecular formula is C15H20ClFN2O. The fourth-order valence-electron chi connectivity index (χ4n) is 2.38. The Morgan fingerprint density at radius 1 is 1.30 bits per heavy atom. The molecule has 1 aromatic carbocycles. The molecule has 1 fully saturated rings. The van der Waals surface area contributed by atoms with E-state index in [1.54, 1.807) is 12.1 Å². The molecule has 0 aromatic heterocycles. The van der Waals surface area contributed by atoms with Crippen LogP contribution in [0, 0.1) is 5.82 Å². The number of benzene rings is 1. The van der Waals surface area contributed by atoms with Crippen molar-refractivity contribution in [2.75, 3.05) is 19.6 Å². The van der Waals surface area contributed by atoms with E-state index >= 15 is 0 Å². The third-order valence-corrected chi connectivity index (χ3v) is 3.83. The van der Waals surface area contributed by atoms with E-state index in [4.69, 9.17) is 11.6 Å². The number of carbonyl (C=O) groups is 1. The van der Waals surface area contributed by atoms with Crippen LogP contribution in [0.2, 0.25) is 5.02 Å². The Kier molecular flexibility index (Phi) is 5.80. The van der Waals surface area contributed by atoms with Gasteiger partial charge in [-0.2, -0.15) is 0 Å². The molecule has 0 radical (unpaired) electrons. The highest BCUT2D eigenvalue weighted by molar-refractivity contribution is 6.30. The molecule has 110 valence electrons. The molecule has 0 aliphatic carbocycles. The number of hydrogen-bond donors (Lipinski definition) is 1. The van der Waals surface area contributed by atoms with Gasteiger partial charge in [0.1, 0.15) is 5.82 Å². The molecule has 1 N–H and O–H groups in total. The number of piperidine rings is 1. The molecule has 1 aromatic rings. The zero-order chi connectivity index (χ0) is 14.4. The summed E-state index contributed by atoms with van der Waals surface area (Å²) in [5.41, 5.74) is 0.918. The van der Waals surface area contributed by atoms with Gasteiger partial charge in [-0.3, -0.25) is 4.79 Å². The van der Waals surface area contributed by atoms with Crippen molar-refractivity contribution in [3.05, 3.63) is 34.6 Å². The van der Waals surface area contributed by atoms with Gasteiger partial charge in [0.15, 0.2) is 0 Å². The van der Waals surface area contributed by atoms with Crippen LogP contribution in [0.5, 0.6) is 0 Å². The summed E-state index contributed by atoms with van der Waals surface area (Å²) in [7, 11) is 0. The van der Waals surface area contributed by atoms with Crippen LogP contribution in [0.3, 0.4) is 0 Å². The third kappa shape index (κ3) is 4.46. The summed E-state index contributed by atoms with van der Waals surface area (Å²) in [6.07, 6.45) is 3.97. The Morgan fingerprint density at radius 3 is 2.75 bits per heavy atom. The fraction of sp³-hybridized carbons (Fsp3) is 0.533. The normalized spacial score (nSPS) is 15.4. The molecule has 1 saturated heterocycles. The highest BCUT2D eigenvalue weighted by Crippen LogP contribution is 2.15. The number of nitrogens with one attached hydrogen (secondary N) is 1. The average molecular weight is 299 g/mol. The van der Waals surface area contributed by atoms with Crippen LogP contribution < -0.4 is 5.32 Å². The molecule has 0 bridgehead atoms. The van der Waals surface area contributed by atoms with Gasteiger partial charge in [-0.05, 0) is 37.0 Å². The Bertz CT molecular complexity index is 461. The number of nitrogens with zero attached hydrogens (tertiary/aromatic N) is 1. The fourth-order valence-corrected chi connectivity index (χ4v) is 2.58. The monoisotopic (exact) mass is 298 g/mol. The standard InChI is InChI=1S/C15H20ClFN2O/c16-13-10-12(4-5-14(13)17)11-18-7-6-15(20)19-8-2-1-3-9-19/h4-5,10,18H,1-3,6-9,11H2. The maximum absolute atomic E-state index is 13.0. The van der Waals surface area contributed by atoms with Crippen LogP contribution in [0.1, 0.15) is 31.2 Å². The summed E-state index contributed by atoms with van der Waals surface area (Å²) >= 11 is 5.72. The number of rotatable bonds is 5. The Balaban J connectivity index is 1.68. The summed E-state index contributed by atoms with van der Waals surface area (Å²) in [6.45, 7) is 3.01. The molecule has 20 heavy (non-hydrogen) atoms. The maximum Gasteiger partial charge on any atom is 0.223 e. The van der Waals surface area contributed by atoms with Gasteiger partial charge in [0.2, 0.25) is 5.91 Å². The first-order valence-electron chi connectivity index (χ1n) is 7.09. The quantitative estimate of drug-likeness (QED) is 0.848. The van der Waals surface area contributed by atoms with Crippen molar-refractivity contribution in [3.63, 3.8) is 0 Å². The van der Waals surface area contributed by atoms with E-state index in [-0.39, 0.29) is 10.9 Å². The summed E-state index contributed by atoms with van der Waals surface area (Å²) in [5, 5.41) is 3.32. The lowest BCUT2D eigenvalue weighted by atomic mass is 10.1. The summed E-state index contributed by atoms with van der Waals surface area (Å²) in [4.78, 5) is 13.9. The molecular weight excluding hydrogens is 279 g/mol. The first-order valence-corrected chi connectivity index (χ1v) is 7.47. The number of likely N-dealkylation sites (tertiary alicyclic amines) is 1. The number of carbonyl (C=O) groups excluding carboxylic acids is 1. The first-order chi connectivity index (χ1) is 9.66. The second-order valence-corrected chi connectivity index (χ2v) is 5.52. The lowest BCUT2D eigenvalue weighted by Crippen LogP contribution is -2.37. The Morgan fingerprint density at radius 2 is 2.05 bits per heavy atom. The van der Waals surface area contributed by atoms with Crippen LogP contribution in [0.4, 0.5) is 4.39 Å². The van der Waals surface area contributed by atoms with E-state index in [0.717, 1.165) is 31.5 Å². The predicted molar refractivity (Wildman–Crippen MR) is 78.2 cm³/mol. The minimum atomic E-state index is -0.407. The van der Waals surface area contributed by atoms with Crippen molar-refractivity contribution in [2.24, 2.45) is 0 Å². The first kappa shape index (κ1) is 15.3. The van der Waals surface area contributed by atoms with E-state index < -0.39 is 5.82 Å². The van der Waals surface area contributed by atoms with E-state index in [0.29, 0.717) is 19.5 Å². The average Bonchev–Trinajstić information content (AvgIpc) is 2.48. The van der Waals surface area contributed by atoms with E-state index in [1.165, 1.54) is 12.5 Å². The van der Waals surface area contributed by atoms with Crippen LogP contribution in [-0.2, 0) is 11.3 Å². The maximum atomic E-state index is 13.0. The number of halogens is 2. The van der Waals surface area contributed by atoms with E-state index in [1.807, 2.05) is 4.90 Å². The van der Waals surface area contributed by atoms with Gasteiger partial charge in [-0.15, -0.1) is 0 Å². The minimum absolute atomic E-state index is 0.133. The zero-order valence-corrected chi connectivity index (χ0v) is 12.3. The van der Waals surface area contributed by atoms with Gasteiger partial charge in [0.05, 0.1) is 5.02 Å². The second kappa shape index (κ2) is 7.60. The summed E-state index contributed by atoms with van der Waals surface area (Å²) < 4.78 is 13.0. The Hall–Kier alpha value is -1.13. The lowest BCUT2D eigenvalue weighted by molar-refractivity contribution is -0.131. The topological polar surface area (TPSA) is 32.3 Å². The van der Waals surface area contributed by atoms with Crippen LogP contribution >= 0.6 is 11.6 Å². The molecule has 0 atom stereocenters. The molecule has 5 heteroatoms. The lowest BCUT2D eigenvalue weighted by Gasteiger charge is -2.26. The van der Waals surface area contributed by atoms with Crippen molar-refractivity contribution >= 4 is 17.5 Å². The summed E-state index contributed by atoms with van der Waals surface area (Å²) in [6, 6.07) is 4.66.